The fourth-order valence-electron chi connectivity index (χ4n) is 1.15. The van der Waals surface area contributed by atoms with Crippen LogP contribution in [0.25, 0.3) is 0 Å². The van der Waals surface area contributed by atoms with Crippen LogP contribution in [0.5, 0.6) is 0 Å². The highest BCUT2D eigenvalue weighted by molar-refractivity contribution is 7.87. The van der Waals surface area contributed by atoms with Gasteiger partial charge in [-0.15, -0.1) is 0 Å². The normalized spacial score (nSPS) is 14.0. The molecule has 104 valence electrons. The van der Waals surface area contributed by atoms with Gasteiger partial charge in [-0.1, -0.05) is 12.8 Å². The zero-order chi connectivity index (χ0) is 13.7. The summed E-state index contributed by atoms with van der Waals surface area (Å²) in [5.41, 5.74) is 0. The Bertz CT molecular complexity index is 328. The van der Waals surface area contributed by atoms with Crippen molar-refractivity contribution in [2.45, 2.75) is 43.3 Å². The van der Waals surface area contributed by atoms with Gasteiger partial charge in [0, 0.05) is 13.0 Å². The van der Waals surface area contributed by atoms with E-state index in [1.807, 2.05) is 0 Å². The molecule has 0 rings (SSSR count). The first-order valence-electron chi connectivity index (χ1n) is 4.90. The first kappa shape index (κ1) is 16.6. The largest absolute Gasteiger partial charge is 0.431 e. The molecule has 0 amide bonds. The molecule has 0 fully saturated rings. The molecule has 0 aromatic rings. The van der Waals surface area contributed by atoms with Crippen LogP contribution in [0.4, 0.5) is 17.6 Å². The number of aliphatic hydroxyl groups is 1. The molecule has 4 nitrogen and oxygen atoms in total. The van der Waals surface area contributed by atoms with Crippen molar-refractivity contribution in [1.82, 2.24) is 0 Å². The van der Waals surface area contributed by atoms with Crippen LogP contribution in [0, 0.1) is 0 Å². The Labute approximate surface area is 96.4 Å². The molecule has 0 spiro atoms. The molecule has 0 aliphatic carbocycles. The number of unbranched alkanes of at least 4 members (excludes halogenated alkanes) is 3. The lowest BCUT2D eigenvalue weighted by atomic mass is 10.1. The molecule has 0 aliphatic rings. The number of hydrogen-bond acceptors (Lipinski definition) is 3. The monoisotopic (exact) mass is 282 g/mol. The maximum atomic E-state index is 12.9. The van der Waals surface area contributed by atoms with E-state index in [4.69, 9.17) is 9.66 Å². The van der Waals surface area contributed by atoms with Gasteiger partial charge in [0.1, 0.15) is 0 Å². The highest BCUT2D eigenvalue weighted by Crippen LogP contribution is 2.41. The Hall–Kier alpha value is -0.410. The highest BCUT2D eigenvalue weighted by atomic mass is 32.2. The lowest BCUT2D eigenvalue weighted by Gasteiger charge is -2.23. The first-order valence-corrected chi connectivity index (χ1v) is 6.34. The molecule has 0 atom stereocenters. The van der Waals surface area contributed by atoms with Crippen molar-refractivity contribution in [2.75, 3.05) is 6.61 Å². The van der Waals surface area contributed by atoms with E-state index in [1.54, 1.807) is 0 Å². The predicted molar refractivity (Wildman–Crippen MR) is 51.6 cm³/mol. The fraction of sp³-hybridized carbons (Fsp3) is 1.00. The zero-order valence-corrected chi connectivity index (χ0v) is 9.69. The van der Waals surface area contributed by atoms with Crippen LogP contribution in [-0.4, -0.2) is 35.9 Å². The van der Waals surface area contributed by atoms with Crippen molar-refractivity contribution < 1.29 is 35.6 Å². The molecule has 0 bridgehead atoms. The van der Waals surface area contributed by atoms with Crippen molar-refractivity contribution in [3.05, 3.63) is 0 Å². The molecular weight excluding hydrogens is 268 g/mol. The second-order valence-corrected chi connectivity index (χ2v) is 5.05. The summed E-state index contributed by atoms with van der Waals surface area (Å²) in [5.74, 6) is -4.81. The van der Waals surface area contributed by atoms with Gasteiger partial charge >= 0.3 is 21.3 Å². The number of alkyl halides is 4. The first-order chi connectivity index (χ1) is 7.56. The van der Waals surface area contributed by atoms with Crippen molar-refractivity contribution in [1.29, 1.82) is 0 Å². The Morgan fingerprint density at radius 3 is 1.82 bits per heavy atom. The van der Waals surface area contributed by atoms with Crippen LogP contribution in [0.15, 0.2) is 0 Å². The number of rotatable bonds is 8. The van der Waals surface area contributed by atoms with Crippen LogP contribution in [0.1, 0.15) is 32.1 Å². The molecule has 0 aromatic carbocycles. The third-order valence-electron chi connectivity index (χ3n) is 2.15. The van der Waals surface area contributed by atoms with E-state index in [-0.39, 0.29) is 19.4 Å². The second-order valence-electron chi connectivity index (χ2n) is 3.58. The van der Waals surface area contributed by atoms with E-state index in [0.29, 0.717) is 12.8 Å². The van der Waals surface area contributed by atoms with Gasteiger partial charge in [-0.2, -0.15) is 26.0 Å². The predicted octanol–water partition coefficient (Wildman–Crippen LogP) is 2.05. The molecule has 0 aliphatic heterocycles. The van der Waals surface area contributed by atoms with Crippen molar-refractivity contribution in [3.8, 4) is 0 Å². The van der Waals surface area contributed by atoms with E-state index >= 15 is 0 Å². The molecule has 0 saturated heterocycles. The van der Waals surface area contributed by atoms with E-state index in [1.165, 1.54) is 0 Å². The zero-order valence-electron chi connectivity index (χ0n) is 8.87. The Morgan fingerprint density at radius 1 is 0.941 bits per heavy atom. The molecule has 17 heavy (non-hydrogen) atoms. The van der Waals surface area contributed by atoms with Gasteiger partial charge in [0.25, 0.3) is 0 Å². The minimum absolute atomic E-state index is 0.127. The molecular formula is C8H14F4O4S. The quantitative estimate of drug-likeness (QED) is 0.406. The van der Waals surface area contributed by atoms with E-state index < -0.39 is 27.7 Å². The molecule has 0 unspecified atom stereocenters. The van der Waals surface area contributed by atoms with Crippen LogP contribution in [0.2, 0.25) is 0 Å². The summed E-state index contributed by atoms with van der Waals surface area (Å²) in [7, 11) is -6.13. The fourth-order valence-corrected chi connectivity index (χ4v) is 1.63. The van der Waals surface area contributed by atoms with Crippen LogP contribution < -0.4 is 0 Å². The smallest absolute Gasteiger partial charge is 0.396 e. The van der Waals surface area contributed by atoms with Gasteiger partial charge in [-0.05, 0) is 12.8 Å². The maximum Gasteiger partial charge on any atom is 0.431 e. The Morgan fingerprint density at radius 2 is 1.41 bits per heavy atom. The molecule has 0 heterocycles. The van der Waals surface area contributed by atoms with Gasteiger partial charge in [0.05, 0.1) is 0 Å². The minimum Gasteiger partial charge on any atom is -0.396 e. The van der Waals surface area contributed by atoms with E-state index in [9.17, 15) is 26.0 Å². The number of aliphatic hydroxyl groups excluding tert-OH is 1. The molecule has 9 heteroatoms. The summed E-state index contributed by atoms with van der Waals surface area (Å²) in [6.07, 6.45) is -0.759. The number of hydrogen-bond donors (Lipinski definition) is 2. The second kappa shape index (κ2) is 5.96. The van der Waals surface area contributed by atoms with Crippen LogP contribution in [0.3, 0.4) is 0 Å². The van der Waals surface area contributed by atoms with Crippen molar-refractivity contribution >= 4 is 10.1 Å². The summed E-state index contributed by atoms with van der Waals surface area (Å²) in [6.45, 7) is -0.127. The highest BCUT2D eigenvalue weighted by Gasteiger charge is 2.64. The van der Waals surface area contributed by atoms with Crippen molar-refractivity contribution in [2.24, 2.45) is 0 Å². The van der Waals surface area contributed by atoms with Crippen LogP contribution in [-0.2, 0) is 10.1 Å². The van der Waals surface area contributed by atoms with Gasteiger partial charge in [0.2, 0.25) is 0 Å². The number of halogens is 4. The van der Waals surface area contributed by atoms with Gasteiger partial charge in [0.15, 0.2) is 0 Å². The molecule has 2 N–H and O–H groups in total. The van der Waals surface area contributed by atoms with Gasteiger partial charge < -0.3 is 5.11 Å². The topological polar surface area (TPSA) is 74.6 Å². The lowest BCUT2D eigenvalue weighted by Crippen LogP contribution is -2.46. The van der Waals surface area contributed by atoms with Crippen LogP contribution >= 0.6 is 0 Å². The third kappa shape index (κ3) is 4.40. The summed E-state index contributed by atoms with van der Waals surface area (Å²) < 4.78 is 79.3. The maximum absolute atomic E-state index is 12.9. The summed E-state index contributed by atoms with van der Waals surface area (Å²) in [5, 5.41) is 2.91. The van der Waals surface area contributed by atoms with Gasteiger partial charge in [-0.25, -0.2) is 0 Å². The standard InChI is InChI=1S/C8H14F4O4S/c9-7(10,5-3-1-2-4-6-13)8(11,12)17(14,15)16/h13H,1-6H2,(H,14,15,16). The molecule has 0 saturated carbocycles. The average molecular weight is 282 g/mol. The summed E-state index contributed by atoms with van der Waals surface area (Å²) in [4.78, 5) is 0. The Kier molecular flexibility index (Phi) is 5.82. The molecule has 0 radical (unpaired) electrons. The summed E-state index contributed by atoms with van der Waals surface area (Å²) in [6, 6.07) is 0. The lowest BCUT2D eigenvalue weighted by molar-refractivity contribution is -0.164. The Balaban J connectivity index is 4.38. The van der Waals surface area contributed by atoms with Gasteiger partial charge in [-0.3, -0.25) is 4.55 Å². The van der Waals surface area contributed by atoms with Crippen molar-refractivity contribution in [3.63, 3.8) is 0 Å². The summed E-state index contributed by atoms with van der Waals surface area (Å²) >= 11 is 0. The van der Waals surface area contributed by atoms with E-state index in [0.717, 1.165) is 0 Å². The third-order valence-corrected chi connectivity index (χ3v) is 3.10. The molecule has 0 aromatic heterocycles. The minimum atomic E-state index is -6.13. The average Bonchev–Trinajstić information content (AvgIpc) is 2.15. The SMILES string of the molecule is O=S(=O)(O)C(F)(F)C(F)(F)CCCCCCO. The van der Waals surface area contributed by atoms with E-state index in [2.05, 4.69) is 0 Å².